The summed E-state index contributed by atoms with van der Waals surface area (Å²) < 4.78 is 10.9. The first kappa shape index (κ1) is 17.4. The molecule has 0 aliphatic rings. The minimum atomic E-state index is 0.809. The van der Waals surface area contributed by atoms with E-state index in [4.69, 9.17) is 9.47 Å². The van der Waals surface area contributed by atoms with E-state index in [-0.39, 0.29) is 0 Å². The molecule has 0 saturated heterocycles. The van der Waals surface area contributed by atoms with Gasteiger partial charge >= 0.3 is 0 Å². The highest BCUT2D eigenvalue weighted by Gasteiger charge is 2.03. The molecule has 1 rings (SSSR count). The van der Waals surface area contributed by atoms with Crippen LogP contribution < -0.4 is 9.47 Å². The minimum Gasteiger partial charge on any atom is -0.492 e. The van der Waals surface area contributed by atoms with Gasteiger partial charge < -0.3 is 9.47 Å². The second-order valence-corrected chi connectivity index (χ2v) is 6.08. The minimum absolute atomic E-state index is 0.809. The van der Waals surface area contributed by atoms with Crippen LogP contribution in [-0.4, -0.2) is 13.7 Å². The van der Waals surface area contributed by atoms with Crippen molar-refractivity contribution < 1.29 is 9.47 Å². The Balaban J connectivity index is 1.85. The Labute approximate surface area is 128 Å². The Morgan fingerprint density at radius 2 is 1.35 bits per heavy atom. The molecule has 2 nitrogen and oxygen atoms in total. The van der Waals surface area contributed by atoms with Gasteiger partial charge in [-0.25, -0.2) is 0 Å². The molecule has 0 unspecified atom stereocenters. The van der Waals surface area contributed by atoms with Gasteiger partial charge in [0.2, 0.25) is 0 Å². The summed E-state index contributed by atoms with van der Waals surface area (Å²) in [6.45, 7) is 3.08. The van der Waals surface area contributed by atoms with Gasteiger partial charge in [0.15, 0.2) is 11.5 Å². The first-order chi connectivity index (χ1) is 9.88. The van der Waals surface area contributed by atoms with E-state index < -0.39 is 0 Å². The van der Waals surface area contributed by atoms with E-state index in [2.05, 4.69) is 6.92 Å². The van der Waals surface area contributed by atoms with Crippen molar-refractivity contribution in [2.75, 3.05) is 13.7 Å². The van der Waals surface area contributed by atoms with Crippen molar-refractivity contribution in [2.24, 2.45) is 0 Å². The maximum absolute atomic E-state index is 5.73. The van der Waals surface area contributed by atoms with Crippen LogP contribution in [0.5, 0.6) is 11.5 Å². The average molecular weight is 298 g/mol. The zero-order valence-electron chi connectivity index (χ0n) is 13.2. The maximum atomic E-state index is 5.73. The standard InChI is InChI=1S/C17H30O2S/c1-3-4-5-6-7-8-9-10-11-12-13-19-17-15-20-14-16(17)18-2/h14-15H,3-13H2,1-2H3. The lowest BCUT2D eigenvalue weighted by atomic mass is 10.1. The molecule has 0 aliphatic heterocycles. The van der Waals surface area contributed by atoms with Crippen LogP contribution in [0, 0.1) is 0 Å². The van der Waals surface area contributed by atoms with Gasteiger partial charge in [0.05, 0.1) is 13.7 Å². The first-order valence-corrected chi connectivity index (χ1v) is 9.05. The van der Waals surface area contributed by atoms with E-state index in [9.17, 15) is 0 Å². The Hall–Kier alpha value is -0.700. The average Bonchev–Trinajstić information content (AvgIpc) is 2.92. The largest absolute Gasteiger partial charge is 0.492 e. The van der Waals surface area contributed by atoms with Gasteiger partial charge in [-0.15, -0.1) is 11.3 Å². The van der Waals surface area contributed by atoms with Gasteiger partial charge in [0, 0.05) is 10.8 Å². The van der Waals surface area contributed by atoms with Crippen LogP contribution in [0.15, 0.2) is 10.8 Å². The lowest BCUT2D eigenvalue weighted by molar-refractivity contribution is 0.286. The second kappa shape index (κ2) is 12.1. The highest BCUT2D eigenvalue weighted by molar-refractivity contribution is 7.08. The number of unbranched alkanes of at least 4 members (excludes halogenated alkanes) is 9. The number of ether oxygens (including phenoxy) is 2. The molecule has 0 radical (unpaired) electrons. The summed E-state index contributed by atoms with van der Waals surface area (Å²) in [7, 11) is 1.69. The molecule has 1 aromatic rings. The Kier molecular flexibility index (Phi) is 10.5. The summed E-state index contributed by atoms with van der Waals surface area (Å²) in [5.74, 6) is 1.76. The van der Waals surface area contributed by atoms with Crippen LogP contribution in [0.1, 0.15) is 71.1 Å². The molecule has 116 valence electrons. The van der Waals surface area contributed by atoms with E-state index in [0.29, 0.717) is 0 Å². The van der Waals surface area contributed by atoms with Crippen molar-refractivity contribution in [2.45, 2.75) is 71.1 Å². The van der Waals surface area contributed by atoms with Gasteiger partial charge in [0.25, 0.3) is 0 Å². The smallest absolute Gasteiger partial charge is 0.171 e. The summed E-state index contributed by atoms with van der Waals surface area (Å²) in [5, 5.41) is 3.99. The summed E-state index contributed by atoms with van der Waals surface area (Å²) in [5.41, 5.74) is 0. The summed E-state index contributed by atoms with van der Waals surface area (Å²) in [4.78, 5) is 0. The molecule has 0 aliphatic carbocycles. The molecule has 0 fully saturated rings. The third kappa shape index (κ3) is 7.78. The molecule has 0 amide bonds. The molecule has 1 aromatic heterocycles. The van der Waals surface area contributed by atoms with Crippen molar-refractivity contribution in [3.05, 3.63) is 10.8 Å². The first-order valence-electron chi connectivity index (χ1n) is 8.11. The predicted molar refractivity (Wildman–Crippen MR) is 88.2 cm³/mol. The Morgan fingerprint density at radius 3 is 1.95 bits per heavy atom. The van der Waals surface area contributed by atoms with Crippen LogP contribution in [0.4, 0.5) is 0 Å². The van der Waals surface area contributed by atoms with E-state index in [1.165, 1.54) is 57.8 Å². The van der Waals surface area contributed by atoms with Gasteiger partial charge in [-0.2, -0.15) is 0 Å². The third-order valence-electron chi connectivity index (χ3n) is 3.57. The topological polar surface area (TPSA) is 18.5 Å². The summed E-state index contributed by atoms with van der Waals surface area (Å²) in [6, 6.07) is 0. The molecule has 1 heterocycles. The number of hydrogen-bond acceptors (Lipinski definition) is 3. The van der Waals surface area contributed by atoms with Crippen molar-refractivity contribution in [3.8, 4) is 11.5 Å². The van der Waals surface area contributed by atoms with Gasteiger partial charge in [-0.05, 0) is 6.42 Å². The molecule has 20 heavy (non-hydrogen) atoms. The number of rotatable bonds is 13. The van der Waals surface area contributed by atoms with Crippen LogP contribution in [0.25, 0.3) is 0 Å². The molecule has 0 aromatic carbocycles. The molecular formula is C17H30O2S. The molecular weight excluding hydrogens is 268 g/mol. The second-order valence-electron chi connectivity index (χ2n) is 5.33. The Bertz CT molecular complexity index is 323. The van der Waals surface area contributed by atoms with E-state index in [0.717, 1.165) is 24.5 Å². The fraction of sp³-hybridized carbons (Fsp3) is 0.765. The molecule has 0 bridgehead atoms. The third-order valence-corrected chi connectivity index (χ3v) is 4.27. The SMILES string of the molecule is CCCCCCCCCCCCOc1cscc1OC. The van der Waals surface area contributed by atoms with Crippen LogP contribution in [0.2, 0.25) is 0 Å². The summed E-state index contributed by atoms with van der Waals surface area (Å²) in [6.07, 6.45) is 13.6. The van der Waals surface area contributed by atoms with Crippen molar-refractivity contribution >= 4 is 11.3 Å². The Morgan fingerprint density at radius 1 is 0.800 bits per heavy atom. The predicted octanol–water partition coefficient (Wildman–Crippen LogP) is 6.06. The van der Waals surface area contributed by atoms with Crippen molar-refractivity contribution in [1.29, 1.82) is 0 Å². The van der Waals surface area contributed by atoms with Crippen molar-refractivity contribution in [3.63, 3.8) is 0 Å². The monoisotopic (exact) mass is 298 g/mol. The molecule has 3 heteroatoms. The van der Waals surface area contributed by atoms with E-state index in [1.54, 1.807) is 18.4 Å². The van der Waals surface area contributed by atoms with Gasteiger partial charge in [0.1, 0.15) is 0 Å². The fourth-order valence-electron chi connectivity index (χ4n) is 2.30. The maximum Gasteiger partial charge on any atom is 0.171 e. The molecule has 0 saturated carbocycles. The highest BCUT2D eigenvalue weighted by Crippen LogP contribution is 2.31. The van der Waals surface area contributed by atoms with Gasteiger partial charge in [-0.3, -0.25) is 0 Å². The van der Waals surface area contributed by atoms with E-state index >= 15 is 0 Å². The zero-order valence-corrected chi connectivity index (χ0v) is 14.0. The molecule has 0 N–H and O–H groups in total. The van der Waals surface area contributed by atoms with Crippen molar-refractivity contribution in [1.82, 2.24) is 0 Å². The van der Waals surface area contributed by atoms with Crippen LogP contribution >= 0.6 is 11.3 Å². The number of methoxy groups -OCH3 is 1. The quantitative estimate of drug-likeness (QED) is 0.412. The fourth-order valence-corrected chi connectivity index (χ4v) is 3.01. The normalized spacial score (nSPS) is 10.7. The highest BCUT2D eigenvalue weighted by atomic mass is 32.1. The number of hydrogen-bond donors (Lipinski definition) is 0. The summed E-state index contributed by atoms with van der Waals surface area (Å²) >= 11 is 1.62. The molecule has 0 atom stereocenters. The number of thiophene rings is 1. The van der Waals surface area contributed by atoms with Crippen LogP contribution in [0.3, 0.4) is 0 Å². The lowest BCUT2D eigenvalue weighted by Gasteiger charge is -2.06. The zero-order chi connectivity index (χ0) is 14.5. The lowest BCUT2D eigenvalue weighted by Crippen LogP contribution is -1.97. The molecule has 0 spiro atoms. The van der Waals surface area contributed by atoms with Gasteiger partial charge in [-0.1, -0.05) is 64.7 Å². The van der Waals surface area contributed by atoms with Crippen LogP contribution in [-0.2, 0) is 0 Å². The van der Waals surface area contributed by atoms with E-state index in [1.807, 2.05) is 10.8 Å².